The second-order valence-electron chi connectivity index (χ2n) is 4.19. The highest BCUT2D eigenvalue weighted by Gasteiger charge is 2.11. The lowest BCUT2D eigenvalue weighted by Gasteiger charge is -2.05. The van der Waals surface area contributed by atoms with Crippen molar-refractivity contribution in [3.63, 3.8) is 0 Å². The van der Waals surface area contributed by atoms with E-state index in [1.54, 1.807) is 11.8 Å². The third-order valence-corrected chi connectivity index (χ3v) is 3.80. The molecule has 3 rings (SSSR count). The zero-order valence-electron chi connectivity index (χ0n) is 10.3. The van der Waals surface area contributed by atoms with Crippen molar-refractivity contribution >= 4 is 22.7 Å². The van der Waals surface area contributed by atoms with E-state index in [4.69, 9.17) is 4.52 Å². The van der Waals surface area contributed by atoms with Crippen LogP contribution < -0.4 is 0 Å². The summed E-state index contributed by atoms with van der Waals surface area (Å²) in [4.78, 5) is 1.21. The van der Waals surface area contributed by atoms with Crippen molar-refractivity contribution in [2.45, 2.75) is 11.8 Å². The maximum absolute atomic E-state index is 5.39. The summed E-state index contributed by atoms with van der Waals surface area (Å²) in [6.07, 6.45) is 2.08. The first-order chi connectivity index (χ1) is 8.79. The fourth-order valence-electron chi connectivity index (χ4n) is 2.14. The molecule has 0 N–H and O–H groups in total. The lowest BCUT2D eigenvalue weighted by Crippen LogP contribution is -1.81. The lowest BCUT2D eigenvalue weighted by atomic mass is 10.0. The molecule has 3 heteroatoms. The molecule has 0 aliphatic heterocycles. The molecule has 0 aliphatic rings. The third-order valence-electron chi connectivity index (χ3n) is 3.04. The SMILES string of the molecule is CSc1cc(-c2ccccc2)cc2onc(C)c12. The summed E-state index contributed by atoms with van der Waals surface area (Å²) in [6, 6.07) is 14.6. The Morgan fingerprint density at radius 3 is 2.56 bits per heavy atom. The third kappa shape index (κ3) is 1.81. The molecule has 3 aromatic rings. The van der Waals surface area contributed by atoms with Crippen LogP contribution in [0.2, 0.25) is 0 Å². The minimum Gasteiger partial charge on any atom is -0.356 e. The van der Waals surface area contributed by atoms with Gasteiger partial charge in [0.1, 0.15) is 0 Å². The van der Waals surface area contributed by atoms with Crippen molar-refractivity contribution < 1.29 is 4.52 Å². The Morgan fingerprint density at radius 2 is 1.83 bits per heavy atom. The minimum absolute atomic E-state index is 0.859. The van der Waals surface area contributed by atoms with Crippen molar-refractivity contribution in [1.82, 2.24) is 5.16 Å². The van der Waals surface area contributed by atoms with E-state index in [0.29, 0.717) is 0 Å². The van der Waals surface area contributed by atoms with Gasteiger partial charge in [-0.3, -0.25) is 0 Å². The lowest BCUT2D eigenvalue weighted by molar-refractivity contribution is 0.450. The van der Waals surface area contributed by atoms with E-state index in [2.05, 4.69) is 35.7 Å². The highest BCUT2D eigenvalue weighted by molar-refractivity contribution is 7.98. The van der Waals surface area contributed by atoms with Crippen molar-refractivity contribution in [2.24, 2.45) is 0 Å². The fourth-order valence-corrected chi connectivity index (χ4v) is 2.84. The first kappa shape index (κ1) is 11.4. The van der Waals surface area contributed by atoms with Crippen molar-refractivity contribution in [3.05, 3.63) is 48.2 Å². The Morgan fingerprint density at radius 1 is 1.06 bits per heavy atom. The molecule has 1 heterocycles. The van der Waals surface area contributed by atoms with Gasteiger partial charge in [0.05, 0.1) is 11.1 Å². The largest absolute Gasteiger partial charge is 0.356 e. The van der Waals surface area contributed by atoms with Gasteiger partial charge in [0.25, 0.3) is 0 Å². The number of fused-ring (bicyclic) bond motifs is 1. The summed E-state index contributed by atoms with van der Waals surface area (Å²) in [5.41, 5.74) is 4.18. The molecule has 0 bridgehead atoms. The topological polar surface area (TPSA) is 26.0 Å². The summed E-state index contributed by atoms with van der Waals surface area (Å²) in [5.74, 6) is 0. The first-order valence-corrected chi connectivity index (χ1v) is 7.01. The summed E-state index contributed by atoms with van der Waals surface area (Å²) < 4.78 is 5.39. The molecule has 0 saturated carbocycles. The highest BCUT2D eigenvalue weighted by atomic mass is 32.2. The van der Waals surface area contributed by atoms with E-state index >= 15 is 0 Å². The quantitative estimate of drug-likeness (QED) is 0.629. The fraction of sp³-hybridized carbons (Fsp3) is 0.133. The van der Waals surface area contributed by atoms with Gasteiger partial charge in [-0.25, -0.2) is 0 Å². The Labute approximate surface area is 110 Å². The molecule has 18 heavy (non-hydrogen) atoms. The van der Waals surface area contributed by atoms with Gasteiger partial charge in [-0.1, -0.05) is 35.5 Å². The predicted octanol–water partition coefficient (Wildman–Crippen LogP) is 4.53. The molecular formula is C15H13NOS. The van der Waals surface area contributed by atoms with E-state index in [-0.39, 0.29) is 0 Å². The van der Waals surface area contributed by atoms with E-state index in [0.717, 1.165) is 16.7 Å². The van der Waals surface area contributed by atoms with Crippen LogP contribution in [0.5, 0.6) is 0 Å². The van der Waals surface area contributed by atoms with E-state index in [9.17, 15) is 0 Å². The van der Waals surface area contributed by atoms with Gasteiger partial charge < -0.3 is 4.52 Å². The molecule has 0 atom stereocenters. The molecule has 0 aliphatic carbocycles. The highest BCUT2D eigenvalue weighted by Crippen LogP contribution is 2.34. The van der Waals surface area contributed by atoms with Crippen LogP contribution in [0, 0.1) is 6.92 Å². The Hall–Kier alpha value is -1.74. The molecule has 0 spiro atoms. The van der Waals surface area contributed by atoms with Crippen LogP contribution in [0.1, 0.15) is 5.69 Å². The summed E-state index contributed by atoms with van der Waals surface area (Å²) in [7, 11) is 0. The average molecular weight is 255 g/mol. The summed E-state index contributed by atoms with van der Waals surface area (Å²) in [6.45, 7) is 1.98. The van der Waals surface area contributed by atoms with Gasteiger partial charge >= 0.3 is 0 Å². The smallest absolute Gasteiger partial charge is 0.168 e. The Bertz CT molecular complexity index is 688. The molecular weight excluding hydrogens is 242 g/mol. The predicted molar refractivity (Wildman–Crippen MR) is 76.0 cm³/mol. The second kappa shape index (κ2) is 4.50. The van der Waals surface area contributed by atoms with E-state index in [1.807, 2.05) is 25.1 Å². The normalized spacial score (nSPS) is 11.0. The Balaban J connectivity index is 2.27. The van der Waals surface area contributed by atoms with Crippen molar-refractivity contribution in [1.29, 1.82) is 0 Å². The molecule has 0 amide bonds. The molecule has 0 saturated heterocycles. The number of hydrogen-bond donors (Lipinski definition) is 0. The second-order valence-corrected chi connectivity index (χ2v) is 5.03. The first-order valence-electron chi connectivity index (χ1n) is 5.79. The maximum Gasteiger partial charge on any atom is 0.168 e. The standard InChI is InChI=1S/C15H13NOS/c1-10-15-13(17-16-10)8-12(9-14(15)18-2)11-6-4-3-5-7-11/h3-9H,1-2H3. The van der Waals surface area contributed by atoms with Gasteiger partial charge in [0.2, 0.25) is 0 Å². The minimum atomic E-state index is 0.859. The number of nitrogens with zero attached hydrogens (tertiary/aromatic N) is 1. The molecule has 2 aromatic carbocycles. The molecule has 2 nitrogen and oxygen atoms in total. The average Bonchev–Trinajstić information content (AvgIpc) is 2.81. The number of aryl methyl sites for hydroxylation is 1. The van der Waals surface area contributed by atoms with Gasteiger partial charge in [0, 0.05) is 4.90 Å². The van der Waals surface area contributed by atoms with Crippen molar-refractivity contribution in [2.75, 3.05) is 6.26 Å². The molecule has 0 fully saturated rings. The van der Waals surface area contributed by atoms with Gasteiger partial charge in [-0.2, -0.15) is 0 Å². The number of benzene rings is 2. The van der Waals surface area contributed by atoms with Crippen LogP contribution in [-0.4, -0.2) is 11.4 Å². The molecule has 90 valence electrons. The van der Waals surface area contributed by atoms with Crippen LogP contribution in [0.3, 0.4) is 0 Å². The van der Waals surface area contributed by atoms with E-state index in [1.165, 1.54) is 16.0 Å². The summed E-state index contributed by atoms with van der Waals surface area (Å²) in [5, 5.41) is 5.18. The number of aromatic nitrogens is 1. The number of hydrogen-bond acceptors (Lipinski definition) is 3. The van der Waals surface area contributed by atoms with Gasteiger partial charge in [0.15, 0.2) is 5.58 Å². The van der Waals surface area contributed by atoms with Crippen molar-refractivity contribution in [3.8, 4) is 11.1 Å². The maximum atomic E-state index is 5.39. The van der Waals surface area contributed by atoms with Crippen LogP contribution in [0.25, 0.3) is 22.1 Å². The zero-order chi connectivity index (χ0) is 12.5. The van der Waals surface area contributed by atoms with Crippen LogP contribution in [0.4, 0.5) is 0 Å². The molecule has 0 unspecified atom stereocenters. The van der Waals surface area contributed by atoms with Crippen LogP contribution in [0.15, 0.2) is 51.9 Å². The summed E-state index contributed by atoms with van der Waals surface area (Å²) >= 11 is 1.73. The monoisotopic (exact) mass is 255 g/mol. The van der Waals surface area contributed by atoms with Crippen LogP contribution in [-0.2, 0) is 0 Å². The number of rotatable bonds is 2. The van der Waals surface area contributed by atoms with Gasteiger partial charge in [-0.15, -0.1) is 11.8 Å². The number of thioether (sulfide) groups is 1. The molecule has 0 radical (unpaired) electrons. The zero-order valence-corrected chi connectivity index (χ0v) is 11.1. The molecule has 1 aromatic heterocycles. The van der Waals surface area contributed by atoms with Crippen LogP contribution >= 0.6 is 11.8 Å². The Kier molecular flexibility index (Phi) is 2.84. The van der Waals surface area contributed by atoms with E-state index < -0.39 is 0 Å². The van der Waals surface area contributed by atoms with Gasteiger partial charge in [-0.05, 0) is 36.4 Å².